The van der Waals surface area contributed by atoms with Crippen LogP contribution >= 0.6 is 15.9 Å². The molecule has 0 bridgehead atoms. The van der Waals surface area contributed by atoms with Gasteiger partial charge >= 0.3 is 0 Å². The smallest absolute Gasteiger partial charge is 0.271 e. The van der Waals surface area contributed by atoms with Crippen molar-refractivity contribution in [3.05, 3.63) is 94.0 Å². The third-order valence-corrected chi connectivity index (χ3v) is 4.57. The standard InChI is InChI=1S/C23H20BrN3O3/c1-16(28)26-21-7-4-6-18(13-21)23(29)27-25-14-19-5-2-3-8-22(19)30-15-17-9-11-20(24)12-10-17/h2-14H,15H2,1H3,(H,26,28)(H,27,29)/b25-14-. The van der Waals surface area contributed by atoms with E-state index in [9.17, 15) is 9.59 Å². The predicted molar refractivity (Wildman–Crippen MR) is 121 cm³/mol. The summed E-state index contributed by atoms with van der Waals surface area (Å²) in [5.41, 5.74) is 5.20. The third-order valence-electron chi connectivity index (χ3n) is 4.04. The molecule has 0 aliphatic heterocycles. The minimum atomic E-state index is -0.383. The lowest BCUT2D eigenvalue weighted by molar-refractivity contribution is -0.114. The van der Waals surface area contributed by atoms with Crippen molar-refractivity contribution in [2.75, 3.05) is 5.32 Å². The van der Waals surface area contributed by atoms with Crippen LogP contribution in [0.4, 0.5) is 5.69 Å². The fraction of sp³-hybridized carbons (Fsp3) is 0.0870. The topological polar surface area (TPSA) is 79.8 Å². The van der Waals surface area contributed by atoms with Crippen LogP contribution in [0.2, 0.25) is 0 Å². The van der Waals surface area contributed by atoms with Crippen LogP contribution in [0.5, 0.6) is 5.75 Å². The van der Waals surface area contributed by atoms with Crippen molar-refractivity contribution in [2.45, 2.75) is 13.5 Å². The Bertz CT molecular complexity index is 1070. The number of halogens is 1. The van der Waals surface area contributed by atoms with Crippen LogP contribution in [0.1, 0.15) is 28.4 Å². The summed E-state index contributed by atoms with van der Waals surface area (Å²) in [5, 5.41) is 6.68. The second-order valence-electron chi connectivity index (χ2n) is 6.41. The minimum Gasteiger partial charge on any atom is -0.488 e. The summed E-state index contributed by atoms with van der Waals surface area (Å²) in [4.78, 5) is 23.5. The zero-order valence-corrected chi connectivity index (χ0v) is 17.8. The van der Waals surface area contributed by atoms with Crippen molar-refractivity contribution >= 4 is 39.6 Å². The largest absolute Gasteiger partial charge is 0.488 e. The molecule has 0 aliphatic rings. The molecule has 2 N–H and O–H groups in total. The van der Waals surface area contributed by atoms with Gasteiger partial charge < -0.3 is 10.1 Å². The van der Waals surface area contributed by atoms with Gasteiger partial charge in [0.1, 0.15) is 12.4 Å². The van der Waals surface area contributed by atoms with Crippen molar-refractivity contribution in [1.29, 1.82) is 0 Å². The van der Waals surface area contributed by atoms with Crippen molar-refractivity contribution in [1.82, 2.24) is 5.43 Å². The van der Waals surface area contributed by atoms with Crippen LogP contribution in [-0.2, 0) is 11.4 Å². The summed E-state index contributed by atoms with van der Waals surface area (Å²) >= 11 is 3.41. The van der Waals surface area contributed by atoms with Crippen LogP contribution in [0.25, 0.3) is 0 Å². The molecule has 0 saturated heterocycles. The molecule has 0 heterocycles. The second-order valence-corrected chi connectivity index (χ2v) is 7.33. The number of anilines is 1. The lowest BCUT2D eigenvalue weighted by atomic mass is 10.2. The molecule has 30 heavy (non-hydrogen) atoms. The quantitative estimate of drug-likeness (QED) is 0.390. The molecular formula is C23H20BrN3O3. The number of nitrogens with one attached hydrogen (secondary N) is 2. The van der Waals surface area contributed by atoms with Crippen LogP contribution in [0.15, 0.2) is 82.4 Å². The Morgan fingerprint density at radius 1 is 1.03 bits per heavy atom. The Morgan fingerprint density at radius 2 is 1.80 bits per heavy atom. The Labute approximate surface area is 183 Å². The third kappa shape index (κ3) is 6.28. The van der Waals surface area contributed by atoms with E-state index in [1.54, 1.807) is 24.3 Å². The first-order chi connectivity index (χ1) is 14.5. The fourth-order valence-electron chi connectivity index (χ4n) is 2.63. The molecular weight excluding hydrogens is 446 g/mol. The molecule has 7 heteroatoms. The van der Waals surface area contributed by atoms with Gasteiger partial charge in [-0.3, -0.25) is 9.59 Å². The molecule has 0 spiro atoms. The maximum atomic E-state index is 12.3. The molecule has 3 aromatic rings. The molecule has 0 atom stereocenters. The van der Waals surface area contributed by atoms with Gasteiger partial charge in [-0.05, 0) is 48.0 Å². The normalized spacial score (nSPS) is 10.6. The lowest BCUT2D eigenvalue weighted by Gasteiger charge is -2.09. The number of hydrogen-bond donors (Lipinski definition) is 2. The van der Waals surface area contributed by atoms with E-state index in [0.29, 0.717) is 23.6 Å². The number of nitrogens with zero attached hydrogens (tertiary/aromatic N) is 1. The predicted octanol–water partition coefficient (Wildman–Crippen LogP) is 4.75. The summed E-state index contributed by atoms with van der Waals surface area (Å²) in [7, 11) is 0. The number of carbonyl (C=O) groups is 2. The lowest BCUT2D eigenvalue weighted by Crippen LogP contribution is -2.18. The van der Waals surface area contributed by atoms with Gasteiger partial charge in [0.15, 0.2) is 0 Å². The number of hydrazone groups is 1. The van der Waals surface area contributed by atoms with Crippen LogP contribution < -0.4 is 15.5 Å². The number of benzene rings is 3. The van der Waals surface area contributed by atoms with Crippen molar-refractivity contribution in [2.24, 2.45) is 5.10 Å². The molecule has 0 unspecified atom stereocenters. The number of ether oxygens (including phenoxy) is 1. The number of amides is 2. The highest BCUT2D eigenvalue weighted by molar-refractivity contribution is 9.10. The first-order valence-corrected chi connectivity index (χ1v) is 9.98. The molecule has 6 nitrogen and oxygen atoms in total. The Morgan fingerprint density at radius 3 is 2.57 bits per heavy atom. The summed E-state index contributed by atoms with van der Waals surface area (Å²) in [5.74, 6) is 0.0723. The zero-order valence-electron chi connectivity index (χ0n) is 16.3. The minimum absolute atomic E-state index is 0.203. The molecule has 3 aromatic carbocycles. The van der Waals surface area contributed by atoms with Gasteiger partial charge in [0.2, 0.25) is 5.91 Å². The van der Waals surface area contributed by atoms with Crippen molar-refractivity contribution < 1.29 is 14.3 Å². The summed E-state index contributed by atoms with van der Waals surface area (Å²) in [6.45, 7) is 1.83. The summed E-state index contributed by atoms with van der Waals surface area (Å²) < 4.78 is 6.91. The van der Waals surface area contributed by atoms with Crippen LogP contribution in [-0.4, -0.2) is 18.0 Å². The maximum Gasteiger partial charge on any atom is 0.271 e. The monoisotopic (exact) mass is 465 g/mol. The van der Waals surface area contributed by atoms with E-state index in [-0.39, 0.29) is 11.8 Å². The Balaban J connectivity index is 1.63. The SMILES string of the molecule is CC(=O)Nc1cccc(C(=O)N/N=C\c2ccccc2OCc2ccc(Br)cc2)c1. The van der Waals surface area contributed by atoms with Crippen molar-refractivity contribution in [3.63, 3.8) is 0 Å². The summed E-state index contributed by atoms with van der Waals surface area (Å²) in [6.07, 6.45) is 1.53. The molecule has 0 aliphatic carbocycles. The number of rotatable bonds is 7. The van der Waals surface area contributed by atoms with E-state index >= 15 is 0 Å². The number of hydrogen-bond acceptors (Lipinski definition) is 4. The fourth-order valence-corrected chi connectivity index (χ4v) is 2.89. The van der Waals surface area contributed by atoms with E-state index in [4.69, 9.17) is 4.74 Å². The zero-order chi connectivity index (χ0) is 21.3. The Hall–Kier alpha value is -3.45. The molecule has 0 radical (unpaired) electrons. The highest BCUT2D eigenvalue weighted by Gasteiger charge is 2.06. The van der Waals surface area contributed by atoms with Crippen molar-refractivity contribution in [3.8, 4) is 5.75 Å². The van der Waals surface area contributed by atoms with Crippen LogP contribution in [0, 0.1) is 0 Å². The van der Waals surface area contributed by atoms with Gasteiger partial charge in [0, 0.05) is 28.2 Å². The van der Waals surface area contributed by atoms with Gasteiger partial charge in [-0.2, -0.15) is 5.10 Å². The number of para-hydroxylation sites is 1. The molecule has 0 aromatic heterocycles. The maximum absolute atomic E-state index is 12.3. The number of carbonyl (C=O) groups excluding carboxylic acids is 2. The molecule has 3 rings (SSSR count). The molecule has 0 saturated carbocycles. The second kappa shape index (κ2) is 10.4. The van der Waals surface area contributed by atoms with Gasteiger partial charge in [-0.25, -0.2) is 5.43 Å². The van der Waals surface area contributed by atoms with E-state index in [0.717, 1.165) is 15.6 Å². The molecule has 2 amide bonds. The van der Waals surface area contributed by atoms with Gasteiger partial charge in [0.25, 0.3) is 5.91 Å². The van der Waals surface area contributed by atoms with E-state index < -0.39 is 0 Å². The average molecular weight is 466 g/mol. The highest BCUT2D eigenvalue weighted by atomic mass is 79.9. The average Bonchev–Trinajstić information content (AvgIpc) is 2.74. The first-order valence-electron chi connectivity index (χ1n) is 9.18. The highest BCUT2D eigenvalue weighted by Crippen LogP contribution is 2.18. The van der Waals surface area contributed by atoms with Crippen LogP contribution in [0.3, 0.4) is 0 Å². The summed E-state index contributed by atoms with van der Waals surface area (Å²) in [6, 6.07) is 22.0. The van der Waals surface area contributed by atoms with Gasteiger partial charge in [-0.15, -0.1) is 0 Å². The van der Waals surface area contributed by atoms with E-state index in [1.165, 1.54) is 13.1 Å². The Kier molecular flexibility index (Phi) is 7.34. The molecule has 0 fully saturated rings. The van der Waals surface area contributed by atoms with E-state index in [1.807, 2.05) is 48.5 Å². The van der Waals surface area contributed by atoms with Gasteiger partial charge in [0.05, 0.1) is 6.21 Å². The van der Waals surface area contributed by atoms with Gasteiger partial charge in [-0.1, -0.05) is 46.3 Å². The first kappa shape index (κ1) is 21.3. The molecule has 152 valence electrons. The van der Waals surface area contributed by atoms with E-state index in [2.05, 4.69) is 31.8 Å².